The first-order valence-electron chi connectivity index (χ1n) is 8.60. The Morgan fingerprint density at radius 3 is 2.54 bits per heavy atom. The zero-order valence-electron chi connectivity index (χ0n) is 15.3. The van der Waals surface area contributed by atoms with Crippen molar-refractivity contribution in [1.29, 1.82) is 0 Å². The van der Waals surface area contributed by atoms with Gasteiger partial charge in [0.25, 0.3) is 5.91 Å². The fourth-order valence-electron chi connectivity index (χ4n) is 2.27. The Balaban J connectivity index is 1.92. The summed E-state index contributed by atoms with van der Waals surface area (Å²) < 4.78 is 5.15. The van der Waals surface area contributed by atoms with Gasteiger partial charge in [-0.05, 0) is 43.7 Å². The molecule has 0 fully saturated rings. The Bertz CT molecular complexity index is 761. The average molecular weight is 355 g/mol. The van der Waals surface area contributed by atoms with E-state index in [0.717, 1.165) is 17.9 Å². The lowest BCUT2D eigenvalue weighted by Gasteiger charge is -2.12. The van der Waals surface area contributed by atoms with Gasteiger partial charge in [-0.25, -0.2) is 0 Å². The van der Waals surface area contributed by atoms with Crippen LogP contribution >= 0.6 is 0 Å². The summed E-state index contributed by atoms with van der Waals surface area (Å²) in [5.74, 6) is 0.368. The normalized spacial score (nSPS) is 11.3. The van der Waals surface area contributed by atoms with Crippen LogP contribution in [0.25, 0.3) is 0 Å². The summed E-state index contributed by atoms with van der Waals surface area (Å²) in [5.41, 5.74) is 1.89. The van der Waals surface area contributed by atoms with E-state index in [4.69, 9.17) is 4.74 Å². The molecule has 0 heterocycles. The highest BCUT2D eigenvalue weighted by Gasteiger charge is 2.10. The molecule has 1 unspecified atom stereocenters. The van der Waals surface area contributed by atoms with Crippen molar-refractivity contribution in [2.45, 2.75) is 26.3 Å². The summed E-state index contributed by atoms with van der Waals surface area (Å²) in [5, 5.41) is 8.74. The molecule has 0 aliphatic rings. The van der Waals surface area contributed by atoms with Gasteiger partial charge >= 0.3 is 0 Å². The topological polar surface area (TPSA) is 79.5 Å². The smallest absolute Gasteiger partial charge is 0.251 e. The molecule has 3 N–H and O–H groups in total. The van der Waals surface area contributed by atoms with Crippen LogP contribution in [0.3, 0.4) is 0 Å². The third-order valence-electron chi connectivity index (χ3n) is 3.92. The molecular weight excluding hydrogens is 330 g/mol. The minimum Gasteiger partial charge on any atom is -0.497 e. The van der Waals surface area contributed by atoms with Crippen molar-refractivity contribution < 1.29 is 14.3 Å². The van der Waals surface area contributed by atoms with Crippen molar-refractivity contribution in [3.05, 3.63) is 54.1 Å². The van der Waals surface area contributed by atoms with E-state index in [1.807, 2.05) is 38.1 Å². The molecule has 2 aromatic carbocycles. The Kier molecular flexibility index (Phi) is 7.02. The van der Waals surface area contributed by atoms with E-state index in [2.05, 4.69) is 16.0 Å². The fourth-order valence-corrected chi connectivity index (χ4v) is 2.27. The first kappa shape index (κ1) is 19.3. The Labute approximate surface area is 153 Å². The molecule has 0 bridgehead atoms. The molecule has 0 saturated carbocycles. The maximum absolute atomic E-state index is 12.2. The maximum Gasteiger partial charge on any atom is 0.251 e. The molecule has 2 amide bonds. The summed E-state index contributed by atoms with van der Waals surface area (Å²) in [6.45, 7) is 4.07. The van der Waals surface area contributed by atoms with E-state index in [1.165, 1.54) is 0 Å². The van der Waals surface area contributed by atoms with Gasteiger partial charge in [0.1, 0.15) is 5.75 Å². The lowest BCUT2D eigenvalue weighted by atomic mass is 10.1. The molecule has 2 aromatic rings. The molecule has 2 rings (SSSR count). The molecule has 0 aliphatic carbocycles. The second-order valence-corrected chi connectivity index (χ2v) is 6.00. The third kappa shape index (κ3) is 5.81. The highest BCUT2D eigenvalue weighted by Crippen LogP contribution is 2.16. The number of hydrogen-bond donors (Lipinski definition) is 3. The number of anilines is 2. The number of ether oxygens (including phenoxy) is 1. The van der Waals surface area contributed by atoms with Crippen molar-refractivity contribution in [3.63, 3.8) is 0 Å². The molecule has 6 heteroatoms. The third-order valence-corrected chi connectivity index (χ3v) is 3.92. The van der Waals surface area contributed by atoms with Gasteiger partial charge in [0.05, 0.1) is 13.7 Å². The molecular formula is C20H25N3O3. The molecule has 138 valence electrons. The first-order valence-corrected chi connectivity index (χ1v) is 8.60. The lowest BCUT2D eigenvalue weighted by Crippen LogP contribution is -2.32. The second-order valence-electron chi connectivity index (χ2n) is 6.00. The number of methoxy groups -OCH3 is 1. The highest BCUT2D eigenvalue weighted by atomic mass is 16.5. The van der Waals surface area contributed by atoms with Gasteiger partial charge in [-0.3, -0.25) is 9.59 Å². The minimum atomic E-state index is -0.202. The number of nitrogens with one attached hydrogen (secondary N) is 3. The van der Waals surface area contributed by atoms with E-state index >= 15 is 0 Å². The summed E-state index contributed by atoms with van der Waals surface area (Å²) in [6, 6.07) is 14.3. The van der Waals surface area contributed by atoms with E-state index in [1.54, 1.807) is 31.4 Å². The summed E-state index contributed by atoms with van der Waals surface area (Å²) in [6.07, 6.45) is 0.859. The summed E-state index contributed by atoms with van der Waals surface area (Å²) in [7, 11) is 1.59. The molecule has 0 saturated heterocycles. The Hall–Kier alpha value is -3.02. The van der Waals surface area contributed by atoms with Gasteiger partial charge in [-0.2, -0.15) is 0 Å². The van der Waals surface area contributed by atoms with Crippen LogP contribution in [0.15, 0.2) is 48.5 Å². The highest BCUT2D eigenvalue weighted by molar-refractivity contribution is 5.98. The summed E-state index contributed by atoms with van der Waals surface area (Å²) >= 11 is 0. The first-order chi connectivity index (χ1) is 12.5. The molecule has 0 radical (unpaired) electrons. The van der Waals surface area contributed by atoms with Gasteiger partial charge in [-0.1, -0.05) is 19.1 Å². The zero-order valence-corrected chi connectivity index (χ0v) is 15.3. The predicted octanol–water partition coefficient (Wildman–Crippen LogP) is 3.27. The number of carbonyl (C=O) groups excluding carboxylic acids is 2. The maximum atomic E-state index is 12.2. The molecule has 26 heavy (non-hydrogen) atoms. The largest absolute Gasteiger partial charge is 0.497 e. The number of amides is 2. The number of rotatable bonds is 8. The SMILES string of the molecule is CCC(C)NC(=O)c1cccc(NC(=O)CNc2cccc(OC)c2)c1. The van der Waals surface area contributed by atoms with Crippen molar-refractivity contribution in [2.24, 2.45) is 0 Å². The van der Waals surface area contributed by atoms with E-state index < -0.39 is 0 Å². The van der Waals surface area contributed by atoms with Crippen LogP contribution < -0.4 is 20.7 Å². The Morgan fingerprint density at radius 2 is 1.81 bits per heavy atom. The van der Waals surface area contributed by atoms with Gasteiger partial charge in [0.15, 0.2) is 0 Å². The van der Waals surface area contributed by atoms with Crippen LogP contribution in [-0.4, -0.2) is 31.5 Å². The molecule has 6 nitrogen and oxygen atoms in total. The van der Waals surface area contributed by atoms with Crippen LogP contribution in [0.5, 0.6) is 5.75 Å². The molecule has 0 spiro atoms. The van der Waals surface area contributed by atoms with E-state index in [-0.39, 0.29) is 24.4 Å². The average Bonchev–Trinajstić information content (AvgIpc) is 2.66. The second kappa shape index (κ2) is 9.46. The van der Waals surface area contributed by atoms with Crippen LogP contribution in [0.4, 0.5) is 11.4 Å². The number of carbonyl (C=O) groups is 2. The van der Waals surface area contributed by atoms with Crippen molar-refractivity contribution in [1.82, 2.24) is 5.32 Å². The van der Waals surface area contributed by atoms with Crippen LogP contribution in [-0.2, 0) is 4.79 Å². The fraction of sp³-hybridized carbons (Fsp3) is 0.300. The van der Waals surface area contributed by atoms with Crippen molar-refractivity contribution in [3.8, 4) is 5.75 Å². The quantitative estimate of drug-likeness (QED) is 0.679. The molecule has 1 atom stereocenters. The minimum absolute atomic E-state index is 0.104. The molecule has 0 aromatic heterocycles. The van der Waals surface area contributed by atoms with E-state index in [0.29, 0.717) is 11.3 Å². The standard InChI is InChI=1S/C20H25N3O3/c1-4-14(2)22-20(25)15-7-5-9-17(11-15)23-19(24)13-21-16-8-6-10-18(12-16)26-3/h5-12,14,21H,4,13H2,1-3H3,(H,22,25)(H,23,24). The molecule has 0 aliphatic heterocycles. The van der Waals surface area contributed by atoms with Gasteiger partial charge < -0.3 is 20.7 Å². The monoisotopic (exact) mass is 355 g/mol. The van der Waals surface area contributed by atoms with Crippen LogP contribution in [0.1, 0.15) is 30.6 Å². The van der Waals surface area contributed by atoms with Crippen molar-refractivity contribution >= 4 is 23.2 Å². The Morgan fingerprint density at radius 1 is 1.08 bits per heavy atom. The zero-order chi connectivity index (χ0) is 18.9. The van der Waals surface area contributed by atoms with Gasteiger partial charge in [0, 0.05) is 29.0 Å². The predicted molar refractivity (Wildman–Crippen MR) is 104 cm³/mol. The lowest BCUT2D eigenvalue weighted by molar-refractivity contribution is -0.114. The van der Waals surface area contributed by atoms with Crippen molar-refractivity contribution in [2.75, 3.05) is 24.3 Å². The van der Waals surface area contributed by atoms with Crippen LogP contribution in [0.2, 0.25) is 0 Å². The van der Waals surface area contributed by atoms with Crippen LogP contribution in [0, 0.1) is 0 Å². The van der Waals surface area contributed by atoms with Gasteiger partial charge in [0.2, 0.25) is 5.91 Å². The number of benzene rings is 2. The van der Waals surface area contributed by atoms with E-state index in [9.17, 15) is 9.59 Å². The number of hydrogen-bond acceptors (Lipinski definition) is 4. The summed E-state index contributed by atoms with van der Waals surface area (Å²) in [4.78, 5) is 24.3. The van der Waals surface area contributed by atoms with Gasteiger partial charge in [-0.15, -0.1) is 0 Å².